The summed E-state index contributed by atoms with van der Waals surface area (Å²) in [4.78, 5) is 39.5. The molecule has 4 rings (SSSR count). The van der Waals surface area contributed by atoms with Crippen LogP contribution in [0.2, 0.25) is 0 Å². The Bertz CT molecular complexity index is 850. The molecule has 0 unspecified atom stereocenters. The van der Waals surface area contributed by atoms with Crippen molar-refractivity contribution in [2.45, 2.75) is 25.8 Å². The summed E-state index contributed by atoms with van der Waals surface area (Å²) in [6, 6.07) is 4.58. The summed E-state index contributed by atoms with van der Waals surface area (Å²) >= 11 is 0. The molecule has 1 saturated heterocycles. The molecule has 9 nitrogen and oxygen atoms in total. The third kappa shape index (κ3) is 3.12. The van der Waals surface area contributed by atoms with E-state index in [4.69, 9.17) is 0 Å². The van der Waals surface area contributed by atoms with Crippen LogP contribution in [0.1, 0.15) is 39.5 Å². The molecule has 0 aromatic carbocycles. The molecule has 0 saturated carbocycles. The van der Waals surface area contributed by atoms with Crippen molar-refractivity contribution in [3.8, 4) is 0 Å². The largest absolute Gasteiger partial charge is 0.334 e. The minimum absolute atomic E-state index is 0.0823. The topological polar surface area (TPSA) is 104 Å². The highest BCUT2D eigenvalue weighted by Gasteiger charge is 2.28. The van der Waals surface area contributed by atoms with E-state index in [9.17, 15) is 14.4 Å². The first kappa shape index (κ1) is 16.5. The number of H-pyrrole nitrogens is 1. The molecular weight excluding hydrogens is 336 g/mol. The first-order valence-electron chi connectivity index (χ1n) is 8.83. The van der Waals surface area contributed by atoms with Crippen molar-refractivity contribution >= 4 is 11.8 Å². The van der Waals surface area contributed by atoms with Crippen LogP contribution in [0.25, 0.3) is 0 Å². The smallest absolute Gasteiger partial charge is 0.274 e. The number of carbonyl (C=O) groups excluding carboxylic acids is 2. The summed E-state index contributed by atoms with van der Waals surface area (Å²) in [7, 11) is 0. The predicted octanol–water partition coefficient (Wildman–Crippen LogP) is -0.0991. The van der Waals surface area contributed by atoms with Crippen molar-refractivity contribution in [1.29, 1.82) is 0 Å². The van der Waals surface area contributed by atoms with E-state index in [-0.39, 0.29) is 23.1 Å². The molecule has 136 valence electrons. The maximum absolute atomic E-state index is 12.7. The molecule has 0 atom stereocenters. The quantitative estimate of drug-likeness (QED) is 0.809. The van der Waals surface area contributed by atoms with Gasteiger partial charge in [-0.15, -0.1) is 0 Å². The molecule has 26 heavy (non-hydrogen) atoms. The van der Waals surface area contributed by atoms with Crippen molar-refractivity contribution in [3.05, 3.63) is 45.6 Å². The Labute approximate surface area is 149 Å². The Morgan fingerprint density at radius 3 is 2.23 bits per heavy atom. The highest BCUT2D eigenvalue weighted by Crippen LogP contribution is 2.17. The van der Waals surface area contributed by atoms with Crippen molar-refractivity contribution in [1.82, 2.24) is 29.8 Å². The van der Waals surface area contributed by atoms with Gasteiger partial charge in [0.1, 0.15) is 5.69 Å². The third-order valence-electron chi connectivity index (χ3n) is 4.89. The van der Waals surface area contributed by atoms with Gasteiger partial charge >= 0.3 is 0 Å². The van der Waals surface area contributed by atoms with Crippen molar-refractivity contribution in [2.24, 2.45) is 0 Å². The second-order valence-electron chi connectivity index (χ2n) is 6.59. The molecule has 1 fully saturated rings. The van der Waals surface area contributed by atoms with E-state index in [2.05, 4.69) is 15.3 Å². The molecule has 9 heteroatoms. The number of nitrogens with zero attached hydrogens (tertiary/aromatic N) is 5. The van der Waals surface area contributed by atoms with Gasteiger partial charge in [-0.2, -0.15) is 10.2 Å². The molecule has 2 aliphatic rings. The normalized spacial score (nSPS) is 17.1. The first-order valence-corrected chi connectivity index (χ1v) is 8.83. The zero-order chi connectivity index (χ0) is 18.1. The van der Waals surface area contributed by atoms with Crippen LogP contribution < -0.4 is 5.56 Å². The zero-order valence-electron chi connectivity index (χ0n) is 14.3. The van der Waals surface area contributed by atoms with Gasteiger partial charge < -0.3 is 9.80 Å². The summed E-state index contributed by atoms with van der Waals surface area (Å²) in [5, 5.41) is 10.5. The minimum atomic E-state index is -0.347. The number of amides is 2. The van der Waals surface area contributed by atoms with Gasteiger partial charge in [-0.1, -0.05) is 0 Å². The summed E-state index contributed by atoms with van der Waals surface area (Å²) in [5.74, 6) is -0.327. The zero-order valence-corrected chi connectivity index (χ0v) is 14.3. The highest BCUT2D eigenvalue weighted by molar-refractivity contribution is 5.94. The SMILES string of the molecule is O=C(c1ccc(=O)[nH]n1)N1CCN(C(=O)c2cc3n(n2)CCCC3)CC1. The Morgan fingerprint density at radius 1 is 0.923 bits per heavy atom. The summed E-state index contributed by atoms with van der Waals surface area (Å²) < 4.78 is 1.93. The first-order chi connectivity index (χ1) is 12.6. The van der Waals surface area contributed by atoms with E-state index in [0.29, 0.717) is 31.9 Å². The maximum atomic E-state index is 12.7. The Balaban J connectivity index is 1.39. The predicted molar refractivity (Wildman–Crippen MR) is 91.8 cm³/mol. The summed E-state index contributed by atoms with van der Waals surface area (Å²) in [6.07, 6.45) is 3.20. The molecule has 2 amide bonds. The molecule has 2 aliphatic heterocycles. The molecule has 2 aromatic rings. The van der Waals surface area contributed by atoms with Crippen LogP contribution in [0.3, 0.4) is 0 Å². The fourth-order valence-electron chi connectivity index (χ4n) is 3.42. The van der Waals surface area contributed by atoms with Crippen molar-refractivity contribution in [2.75, 3.05) is 26.2 Å². The average molecular weight is 356 g/mol. The maximum Gasteiger partial charge on any atom is 0.274 e. The summed E-state index contributed by atoms with van der Waals surface area (Å²) in [5.41, 5.74) is 1.47. The van der Waals surface area contributed by atoms with Gasteiger partial charge in [0.25, 0.3) is 17.4 Å². The van der Waals surface area contributed by atoms with Crippen molar-refractivity contribution < 1.29 is 9.59 Å². The van der Waals surface area contributed by atoms with E-state index in [1.807, 2.05) is 10.7 Å². The van der Waals surface area contributed by atoms with Gasteiger partial charge in [0.15, 0.2) is 5.69 Å². The fraction of sp³-hybridized carbons (Fsp3) is 0.471. The molecule has 0 radical (unpaired) electrons. The van der Waals surface area contributed by atoms with Gasteiger partial charge in [0, 0.05) is 44.5 Å². The second kappa shape index (κ2) is 6.74. The minimum Gasteiger partial charge on any atom is -0.334 e. The molecular formula is C17H20N6O3. The molecule has 4 heterocycles. The lowest BCUT2D eigenvalue weighted by molar-refractivity contribution is 0.0528. The van der Waals surface area contributed by atoms with Crippen LogP contribution >= 0.6 is 0 Å². The number of aromatic nitrogens is 4. The number of nitrogens with one attached hydrogen (secondary N) is 1. The van der Waals surface area contributed by atoms with Gasteiger partial charge in [-0.25, -0.2) is 5.10 Å². The van der Waals surface area contributed by atoms with Crippen molar-refractivity contribution in [3.63, 3.8) is 0 Å². The van der Waals surface area contributed by atoms with Crippen LogP contribution in [-0.2, 0) is 13.0 Å². The van der Waals surface area contributed by atoms with Crippen LogP contribution in [0, 0.1) is 0 Å². The van der Waals surface area contributed by atoms with Gasteiger partial charge in [0.05, 0.1) is 0 Å². The molecule has 0 aliphatic carbocycles. The number of fused-ring (bicyclic) bond motifs is 1. The van der Waals surface area contributed by atoms with Crippen LogP contribution in [0.5, 0.6) is 0 Å². The lowest BCUT2D eigenvalue weighted by atomic mass is 10.1. The fourth-order valence-corrected chi connectivity index (χ4v) is 3.42. The van der Waals surface area contributed by atoms with E-state index in [1.165, 1.54) is 12.1 Å². The summed E-state index contributed by atoms with van der Waals surface area (Å²) in [6.45, 7) is 2.64. The van der Waals surface area contributed by atoms with Gasteiger partial charge in [-0.3, -0.25) is 19.1 Å². The van der Waals surface area contributed by atoms with Gasteiger partial charge in [-0.05, 0) is 31.4 Å². The lowest BCUT2D eigenvalue weighted by Gasteiger charge is -2.34. The van der Waals surface area contributed by atoms with Crippen LogP contribution in [-0.4, -0.2) is 67.8 Å². The highest BCUT2D eigenvalue weighted by atomic mass is 16.2. The Morgan fingerprint density at radius 2 is 1.62 bits per heavy atom. The molecule has 0 bridgehead atoms. The van der Waals surface area contributed by atoms with Crippen LogP contribution in [0.15, 0.2) is 23.0 Å². The standard InChI is InChI=1S/C17H20N6O3/c24-15-5-4-13(18-19-15)16(25)21-7-9-22(10-8-21)17(26)14-11-12-3-1-2-6-23(12)20-14/h4-5,11H,1-3,6-10H2,(H,19,24). The lowest BCUT2D eigenvalue weighted by Crippen LogP contribution is -2.50. The number of rotatable bonds is 2. The van der Waals surface area contributed by atoms with E-state index in [0.717, 1.165) is 31.5 Å². The molecule has 1 N–H and O–H groups in total. The third-order valence-corrected chi connectivity index (χ3v) is 4.89. The van der Waals surface area contributed by atoms with Gasteiger partial charge in [0.2, 0.25) is 0 Å². The molecule has 2 aromatic heterocycles. The number of hydrogen-bond donors (Lipinski definition) is 1. The Kier molecular flexibility index (Phi) is 4.27. The second-order valence-corrected chi connectivity index (χ2v) is 6.59. The number of hydrogen-bond acceptors (Lipinski definition) is 5. The monoisotopic (exact) mass is 356 g/mol. The number of piperazine rings is 1. The van der Waals surface area contributed by atoms with E-state index in [1.54, 1.807) is 9.80 Å². The van der Waals surface area contributed by atoms with E-state index >= 15 is 0 Å². The number of aromatic amines is 1. The molecule has 0 spiro atoms. The number of carbonyl (C=O) groups is 2. The van der Waals surface area contributed by atoms with Crippen LogP contribution in [0.4, 0.5) is 0 Å². The number of aryl methyl sites for hydroxylation is 2. The Hall–Kier alpha value is -2.97. The average Bonchev–Trinajstić information content (AvgIpc) is 3.12. The van der Waals surface area contributed by atoms with E-state index < -0.39 is 0 Å².